The van der Waals surface area contributed by atoms with E-state index in [1.54, 1.807) is 36.7 Å². The summed E-state index contributed by atoms with van der Waals surface area (Å²) in [6.45, 7) is 0.193. The van der Waals surface area contributed by atoms with Gasteiger partial charge >= 0.3 is 0 Å². The van der Waals surface area contributed by atoms with Gasteiger partial charge in [-0.2, -0.15) is 0 Å². The van der Waals surface area contributed by atoms with Crippen molar-refractivity contribution in [2.24, 2.45) is 0 Å². The minimum absolute atomic E-state index is 0.163. The van der Waals surface area contributed by atoms with Gasteiger partial charge in [-0.05, 0) is 35.4 Å². The summed E-state index contributed by atoms with van der Waals surface area (Å²) < 4.78 is 0. The molecule has 0 spiro atoms. The minimum Gasteiger partial charge on any atom is -0.388 e. The molecule has 22 heavy (non-hydrogen) atoms. The first-order chi connectivity index (χ1) is 10.5. The molecule has 0 saturated carbocycles. The Hall–Kier alpha value is -1.66. The van der Waals surface area contributed by atoms with E-state index < -0.39 is 12.0 Å². The number of hydroxylamine groups is 1. The second-order valence-electron chi connectivity index (χ2n) is 4.60. The van der Waals surface area contributed by atoms with Crippen molar-refractivity contribution in [2.45, 2.75) is 19.1 Å². The zero-order valence-corrected chi connectivity index (χ0v) is 13.0. The molecule has 1 atom stereocenters. The van der Waals surface area contributed by atoms with Crippen molar-refractivity contribution >= 4 is 29.1 Å². The molecular weight excluding hydrogens is 327 g/mol. The van der Waals surface area contributed by atoms with Crippen LogP contribution in [0.4, 0.5) is 0 Å². The number of hydrogen-bond donors (Lipinski definition) is 2. The van der Waals surface area contributed by atoms with Crippen LogP contribution in [0.5, 0.6) is 0 Å². The summed E-state index contributed by atoms with van der Waals surface area (Å²) >= 11 is 11.7. The van der Waals surface area contributed by atoms with Crippen LogP contribution < -0.4 is 5.48 Å². The molecule has 1 aromatic heterocycles. The Morgan fingerprint density at radius 1 is 1.32 bits per heavy atom. The topological polar surface area (TPSA) is 71.5 Å². The lowest BCUT2D eigenvalue weighted by Crippen LogP contribution is -2.25. The zero-order chi connectivity index (χ0) is 15.9. The first kappa shape index (κ1) is 16.7. The third-order valence-electron chi connectivity index (χ3n) is 2.80. The van der Waals surface area contributed by atoms with Crippen LogP contribution in [-0.4, -0.2) is 16.0 Å². The Labute approximate surface area is 137 Å². The van der Waals surface area contributed by atoms with Crippen molar-refractivity contribution in [3.63, 3.8) is 0 Å². The SMILES string of the molecule is O=C(CC(O)c1cc(Cl)cc(Cl)c1)NOCc1cccnc1. The van der Waals surface area contributed by atoms with Crippen LogP contribution in [0, 0.1) is 0 Å². The smallest absolute Gasteiger partial charge is 0.246 e. The van der Waals surface area contributed by atoms with Crippen molar-refractivity contribution in [3.8, 4) is 0 Å². The molecule has 0 aliphatic heterocycles. The summed E-state index contributed by atoms with van der Waals surface area (Å²) in [6, 6.07) is 8.26. The van der Waals surface area contributed by atoms with Crippen molar-refractivity contribution in [1.82, 2.24) is 10.5 Å². The van der Waals surface area contributed by atoms with Crippen molar-refractivity contribution in [3.05, 3.63) is 63.9 Å². The number of carbonyl (C=O) groups excluding carboxylic acids is 1. The molecule has 2 aromatic rings. The van der Waals surface area contributed by atoms with Gasteiger partial charge in [0.2, 0.25) is 5.91 Å². The predicted octanol–water partition coefficient (Wildman–Crippen LogP) is 3.06. The molecule has 2 N–H and O–H groups in total. The lowest BCUT2D eigenvalue weighted by atomic mass is 10.1. The number of pyridine rings is 1. The van der Waals surface area contributed by atoms with Crippen LogP contribution in [0.2, 0.25) is 10.0 Å². The number of halogens is 2. The number of carbonyl (C=O) groups is 1. The van der Waals surface area contributed by atoms with Gasteiger partial charge in [-0.3, -0.25) is 14.6 Å². The van der Waals surface area contributed by atoms with Gasteiger partial charge in [0.25, 0.3) is 0 Å². The maximum absolute atomic E-state index is 11.7. The summed E-state index contributed by atoms with van der Waals surface area (Å²) in [5.74, 6) is -0.451. The predicted molar refractivity (Wildman–Crippen MR) is 83.2 cm³/mol. The van der Waals surface area contributed by atoms with E-state index in [9.17, 15) is 9.90 Å². The largest absolute Gasteiger partial charge is 0.388 e. The van der Waals surface area contributed by atoms with Crippen LogP contribution in [0.25, 0.3) is 0 Å². The lowest BCUT2D eigenvalue weighted by molar-refractivity contribution is -0.136. The molecule has 1 aromatic carbocycles. The first-order valence-corrected chi connectivity index (χ1v) is 7.24. The van der Waals surface area contributed by atoms with Gasteiger partial charge in [0.1, 0.15) is 6.61 Å². The summed E-state index contributed by atoms with van der Waals surface area (Å²) in [6.07, 6.45) is 2.10. The highest BCUT2D eigenvalue weighted by atomic mass is 35.5. The number of aliphatic hydroxyl groups is 1. The average Bonchev–Trinajstić information content (AvgIpc) is 2.47. The highest BCUT2D eigenvalue weighted by Gasteiger charge is 2.14. The highest BCUT2D eigenvalue weighted by molar-refractivity contribution is 6.34. The van der Waals surface area contributed by atoms with Gasteiger partial charge in [-0.25, -0.2) is 5.48 Å². The summed E-state index contributed by atoms with van der Waals surface area (Å²) in [5, 5.41) is 10.8. The Morgan fingerprint density at radius 2 is 2.05 bits per heavy atom. The van der Waals surface area contributed by atoms with Crippen LogP contribution in [0.15, 0.2) is 42.7 Å². The number of nitrogens with zero attached hydrogens (tertiary/aromatic N) is 1. The number of hydrogen-bond acceptors (Lipinski definition) is 4. The molecule has 0 bridgehead atoms. The van der Waals surface area contributed by atoms with Gasteiger partial charge in [0.05, 0.1) is 12.5 Å². The number of rotatable bonds is 6. The average molecular weight is 341 g/mol. The monoisotopic (exact) mass is 340 g/mol. The third-order valence-corrected chi connectivity index (χ3v) is 3.23. The first-order valence-electron chi connectivity index (χ1n) is 6.48. The van der Waals surface area contributed by atoms with Crippen LogP contribution in [-0.2, 0) is 16.2 Å². The Morgan fingerprint density at radius 3 is 2.68 bits per heavy atom. The summed E-state index contributed by atoms with van der Waals surface area (Å²) in [4.78, 5) is 20.7. The van der Waals surface area contributed by atoms with E-state index >= 15 is 0 Å². The summed E-state index contributed by atoms with van der Waals surface area (Å²) in [5.41, 5.74) is 3.56. The van der Waals surface area contributed by atoms with E-state index in [2.05, 4.69) is 10.5 Å². The molecule has 116 valence electrons. The molecule has 5 nitrogen and oxygen atoms in total. The fourth-order valence-electron chi connectivity index (χ4n) is 1.79. The number of aromatic nitrogens is 1. The minimum atomic E-state index is -1.02. The maximum atomic E-state index is 11.7. The lowest BCUT2D eigenvalue weighted by Gasteiger charge is -2.12. The van der Waals surface area contributed by atoms with E-state index in [4.69, 9.17) is 28.0 Å². The molecule has 0 radical (unpaired) electrons. The van der Waals surface area contributed by atoms with Gasteiger partial charge < -0.3 is 5.11 Å². The third kappa shape index (κ3) is 5.27. The van der Waals surface area contributed by atoms with E-state index in [1.165, 1.54) is 0 Å². The van der Waals surface area contributed by atoms with Crippen molar-refractivity contribution in [2.75, 3.05) is 0 Å². The maximum Gasteiger partial charge on any atom is 0.246 e. The van der Waals surface area contributed by atoms with Crippen LogP contribution >= 0.6 is 23.2 Å². The molecule has 1 unspecified atom stereocenters. The molecule has 7 heteroatoms. The number of benzene rings is 1. The quantitative estimate of drug-likeness (QED) is 0.792. The number of aliphatic hydroxyl groups excluding tert-OH is 1. The fourth-order valence-corrected chi connectivity index (χ4v) is 2.33. The molecular formula is C15H14Cl2N2O3. The number of nitrogens with one attached hydrogen (secondary N) is 1. The molecule has 1 amide bonds. The van der Waals surface area contributed by atoms with Crippen LogP contribution in [0.3, 0.4) is 0 Å². The van der Waals surface area contributed by atoms with Gasteiger partial charge in [0.15, 0.2) is 0 Å². The second-order valence-corrected chi connectivity index (χ2v) is 5.47. The number of amides is 1. The standard InChI is InChI=1S/C15H14Cl2N2O3/c16-12-4-11(5-13(17)6-12)14(20)7-15(21)19-22-9-10-2-1-3-18-8-10/h1-6,8,14,20H,7,9H2,(H,19,21). The molecule has 1 heterocycles. The second kappa shape index (κ2) is 8.10. The molecule has 0 aliphatic rings. The molecule has 0 fully saturated rings. The molecule has 2 rings (SSSR count). The normalized spacial score (nSPS) is 12.0. The molecule has 0 saturated heterocycles. The Balaban J connectivity index is 1.81. The molecule has 0 aliphatic carbocycles. The highest BCUT2D eigenvalue weighted by Crippen LogP contribution is 2.25. The van der Waals surface area contributed by atoms with Gasteiger partial charge in [-0.15, -0.1) is 0 Å². The van der Waals surface area contributed by atoms with E-state index in [0.29, 0.717) is 15.6 Å². The van der Waals surface area contributed by atoms with E-state index in [0.717, 1.165) is 5.56 Å². The fraction of sp³-hybridized carbons (Fsp3) is 0.200. The van der Waals surface area contributed by atoms with E-state index in [1.807, 2.05) is 6.07 Å². The van der Waals surface area contributed by atoms with Gasteiger partial charge in [-0.1, -0.05) is 29.3 Å². The van der Waals surface area contributed by atoms with Crippen molar-refractivity contribution in [1.29, 1.82) is 0 Å². The van der Waals surface area contributed by atoms with E-state index in [-0.39, 0.29) is 13.0 Å². The summed E-state index contributed by atoms with van der Waals surface area (Å²) in [7, 11) is 0. The van der Waals surface area contributed by atoms with Gasteiger partial charge in [0, 0.05) is 22.4 Å². The van der Waals surface area contributed by atoms with Crippen molar-refractivity contribution < 1.29 is 14.7 Å². The Bertz CT molecular complexity index is 618. The van der Waals surface area contributed by atoms with Crippen LogP contribution in [0.1, 0.15) is 23.7 Å². The Kier molecular flexibility index (Phi) is 6.15. The zero-order valence-electron chi connectivity index (χ0n) is 11.5.